The maximum atomic E-state index is 4.72. The van der Waals surface area contributed by atoms with E-state index in [1.165, 1.54) is 19.3 Å². The summed E-state index contributed by atoms with van der Waals surface area (Å²) >= 11 is 0. The van der Waals surface area contributed by atoms with Crippen LogP contribution in [0.3, 0.4) is 0 Å². The molecule has 0 amide bonds. The van der Waals surface area contributed by atoms with E-state index in [0.717, 1.165) is 54.6 Å². The van der Waals surface area contributed by atoms with E-state index in [0.29, 0.717) is 11.5 Å². The highest BCUT2D eigenvalue weighted by molar-refractivity contribution is 5.45. The Balaban J connectivity index is 1.20. The Morgan fingerprint density at radius 1 is 1.29 bits per heavy atom. The summed E-state index contributed by atoms with van der Waals surface area (Å²) in [5.74, 6) is 4.63. The van der Waals surface area contributed by atoms with E-state index in [-0.39, 0.29) is 0 Å². The van der Waals surface area contributed by atoms with Gasteiger partial charge in [-0.1, -0.05) is 13.8 Å². The predicted molar refractivity (Wildman–Crippen MR) is 96.1 cm³/mol. The molecule has 5 rings (SSSR count). The van der Waals surface area contributed by atoms with E-state index in [2.05, 4.69) is 34.4 Å². The Bertz CT molecular complexity index is 653. The van der Waals surface area contributed by atoms with Crippen LogP contribution in [0.5, 0.6) is 0 Å². The van der Waals surface area contributed by atoms with Crippen molar-refractivity contribution in [1.82, 2.24) is 15.3 Å². The van der Waals surface area contributed by atoms with Gasteiger partial charge in [0.1, 0.15) is 5.82 Å². The maximum Gasteiger partial charge on any atom is 0.224 e. The Hall–Kier alpha value is -1.36. The normalized spacial score (nSPS) is 38.8. The van der Waals surface area contributed by atoms with Crippen molar-refractivity contribution in [1.29, 1.82) is 0 Å². The molecule has 24 heavy (non-hydrogen) atoms. The molecule has 1 spiro atoms. The molecular formula is C19H29N5. The zero-order valence-electron chi connectivity index (χ0n) is 15.0. The van der Waals surface area contributed by atoms with Gasteiger partial charge in [0.15, 0.2) is 0 Å². The van der Waals surface area contributed by atoms with E-state index in [1.54, 1.807) is 0 Å². The molecule has 4 aliphatic rings. The monoisotopic (exact) mass is 327 g/mol. The fourth-order valence-corrected chi connectivity index (χ4v) is 6.16. The third-order valence-electron chi connectivity index (χ3n) is 7.84. The van der Waals surface area contributed by atoms with E-state index in [9.17, 15) is 0 Å². The second kappa shape index (κ2) is 4.84. The second-order valence-electron chi connectivity index (χ2n) is 8.97. The van der Waals surface area contributed by atoms with Crippen LogP contribution in [0.1, 0.15) is 33.1 Å². The zero-order chi connectivity index (χ0) is 16.5. The van der Waals surface area contributed by atoms with Gasteiger partial charge in [-0.25, -0.2) is 4.98 Å². The van der Waals surface area contributed by atoms with E-state index in [1.807, 2.05) is 19.3 Å². The molecule has 1 aromatic rings. The van der Waals surface area contributed by atoms with Crippen LogP contribution in [0.15, 0.2) is 12.3 Å². The number of anilines is 2. The number of likely N-dealkylation sites (N-methyl/N-ethyl adjacent to an activating group) is 1. The zero-order valence-corrected chi connectivity index (χ0v) is 15.0. The molecule has 1 aromatic heterocycles. The van der Waals surface area contributed by atoms with Crippen molar-refractivity contribution < 1.29 is 0 Å². The molecule has 2 heterocycles. The van der Waals surface area contributed by atoms with Gasteiger partial charge in [-0.15, -0.1) is 0 Å². The third kappa shape index (κ3) is 1.91. The third-order valence-corrected chi connectivity index (χ3v) is 7.84. The van der Waals surface area contributed by atoms with Crippen molar-refractivity contribution in [3.63, 3.8) is 0 Å². The molecule has 1 saturated heterocycles. The van der Waals surface area contributed by atoms with Crippen LogP contribution in [0.2, 0.25) is 0 Å². The van der Waals surface area contributed by atoms with Gasteiger partial charge in [0, 0.05) is 31.9 Å². The lowest BCUT2D eigenvalue weighted by Gasteiger charge is -2.39. The quantitative estimate of drug-likeness (QED) is 0.869. The van der Waals surface area contributed by atoms with Crippen LogP contribution in [0, 0.1) is 28.6 Å². The fourth-order valence-electron chi connectivity index (χ4n) is 6.16. The number of nitrogens with zero attached hydrogens (tertiary/aromatic N) is 3. The highest BCUT2D eigenvalue weighted by Crippen LogP contribution is 2.89. The largest absolute Gasteiger partial charge is 0.354 e. The Morgan fingerprint density at radius 2 is 2.12 bits per heavy atom. The van der Waals surface area contributed by atoms with Crippen molar-refractivity contribution in [2.75, 3.05) is 36.9 Å². The lowest BCUT2D eigenvalue weighted by Crippen LogP contribution is -2.57. The molecule has 4 fully saturated rings. The van der Waals surface area contributed by atoms with Crippen molar-refractivity contribution in [3.8, 4) is 0 Å². The minimum Gasteiger partial charge on any atom is -0.354 e. The molecule has 4 atom stereocenters. The molecule has 3 saturated carbocycles. The van der Waals surface area contributed by atoms with Crippen molar-refractivity contribution in [2.45, 2.75) is 39.2 Å². The maximum absolute atomic E-state index is 4.72. The van der Waals surface area contributed by atoms with E-state index in [4.69, 9.17) is 4.98 Å². The first-order chi connectivity index (χ1) is 11.6. The Morgan fingerprint density at radius 3 is 2.92 bits per heavy atom. The van der Waals surface area contributed by atoms with Crippen LogP contribution >= 0.6 is 0 Å². The summed E-state index contributed by atoms with van der Waals surface area (Å²) in [4.78, 5) is 11.5. The van der Waals surface area contributed by atoms with Gasteiger partial charge in [-0.2, -0.15) is 4.98 Å². The number of hydrogen-bond acceptors (Lipinski definition) is 5. The van der Waals surface area contributed by atoms with Crippen molar-refractivity contribution in [2.24, 2.45) is 28.6 Å². The van der Waals surface area contributed by atoms with Crippen LogP contribution in [-0.4, -0.2) is 42.7 Å². The molecule has 4 unspecified atom stereocenters. The van der Waals surface area contributed by atoms with Gasteiger partial charge in [-0.3, -0.25) is 0 Å². The first kappa shape index (κ1) is 14.9. The highest BCUT2D eigenvalue weighted by Gasteiger charge is 2.84. The molecule has 0 bridgehead atoms. The van der Waals surface area contributed by atoms with Crippen LogP contribution < -0.4 is 15.5 Å². The van der Waals surface area contributed by atoms with Gasteiger partial charge in [-0.05, 0) is 61.0 Å². The van der Waals surface area contributed by atoms with E-state index >= 15 is 0 Å². The first-order valence-corrected chi connectivity index (χ1v) is 9.55. The average molecular weight is 327 g/mol. The molecule has 3 aliphatic carbocycles. The Kier molecular flexibility index (Phi) is 3.01. The standard InChI is InChI=1S/C19H29N5/c1-18(2)15-5-4-12(14-8-19(14,15)18)9-22-17-21-7-6-16(23-17)24-10-13(11-24)20-3/h6-7,12-15,20H,4-5,8-11H2,1-3H3,(H,21,22,23). The van der Waals surface area contributed by atoms with Crippen LogP contribution in [-0.2, 0) is 0 Å². The molecule has 2 N–H and O–H groups in total. The predicted octanol–water partition coefficient (Wildman–Crippen LogP) is 2.37. The molecule has 0 radical (unpaired) electrons. The highest BCUT2D eigenvalue weighted by atomic mass is 15.3. The van der Waals surface area contributed by atoms with E-state index < -0.39 is 0 Å². The summed E-state index contributed by atoms with van der Waals surface area (Å²) < 4.78 is 0. The second-order valence-corrected chi connectivity index (χ2v) is 8.97. The lowest BCUT2D eigenvalue weighted by molar-refractivity contribution is 0.342. The van der Waals surface area contributed by atoms with Gasteiger partial charge < -0.3 is 15.5 Å². The van der Waals surface area contributed by atoms with Crippen molar-refractivity contribution in [3.05, 3.63) is 12.3 Å². The number of hydrogen-bond donors (Lipinski definition) is 2. The first-order valence-electron chi connectivity index (χ1n) is 9.55. The molecule has 5 heteroatoms. The van der Waals surface area contributed by atoms with Crippen LogP contribution in [0.25, 0.3) is 0 Å². The van der Waals surface area contributed by atoms with Gasteiger partial charge in [0.2, 0.25) is 5.95 Å². The number of rotatable bonds is 5. The summed E-state index contributed by atoms with van der Waals surface area (Å²) in [7, 11) is 2.02. The summed E-state index contributed by atoms with van der Waals surface area (Å²) in [5, 5.41) is 6.85. The minimum atomic E-state index is 0.597. The number of nitrogens with one attached hydrogen (secondary N) is 2. The SMILES string of the molecule is CNC1CN(c2ccnc(NCC3CCC4C(C)(C)C45CC35)n2)C1. The van der Waals surface area contributed by atoms with Gasteiger partial charge in [0.05, 0.1) is 0 Å². The molecule has 5 nitrogen and oxygen atoms in total. The molecular weight excluding hydrogens is 298 g/mol. The van der Waals surface area contributed by atoms with Crippen molar-refractivity contribution >= 4 is 11.8 Å². The average Bonchev–Trinajstić information content (AvgIpc) is 3.38. The smallest absolute Gasteiger partial charge is 0.224 e. The summed E-state index contributed by atoms with van der Waals surface area (Å²) in [6.45, 7) is 8.10. The van der Waals surface area contributed by atoms with Gasteiger partial charge >= 0.3 is 0 Å². The lowest BCUT2D eigenvalue weighted by atomic mass is 9.89. The van der Waals surface area contributed by atoms with Gasteiger partial charge in [0.25, 0.3) is 0 Å². The Labute approximate surface area is 144 Å². The van der Waals surface area contributed by atoms with Crippen LogP contribution in [0.4, 0.5) is 11.8 Å². The number of aromatic nitrogens is 2. The molecule has 130 valence electrons. The summed E-state index contributed by atoms with van der Waals surface area (Å²) in [6.07, 6.45) is 6.16. The topological polar surface area (TPSA) is 53.1 Å². The summed E-state index contributed by atoms with van der Waals surface area (Å²) in [6, 6.07) is 2.62. The molecule has 0 aromatic carbocycles. The minimum absolute atomic E-state index is 0.597. The fraction of sp³-hybridized carbons (Fsp3) is 0.789. The summed E-state index contributed by atoms with van der Waals surface area (Å²) in [5.41, 5.74) is 1.34. The molecule has 1 aliphatic heterocycles.